The van der Waals surface area contributed by atoms with Gasteiger partial charge in [-0.25, -0.2) is 13.1 Å². The summed E-state index contributed by atoms with van der Waals surface area (Å²) in [5, 5.41) is 0.389. The third kappa shape index (κ3) is 6.83. The number of likely N-dealkylation sites (N-methyl/N-ethyl adjacent to an activating group) is 1. The lowest BCUT2D eigenvalue weighted by Gasteiger charge is -2.24. The summed E-state index contributed by atoms with van der Waals surface area (Å²) < 4.78 is 41.6. The molecule has 0 atom stereocenters. The summed E-state index contributed by atoms with van der Waals surface area (Å²) in [5.74, 6) is 1.36. The van der Waals surface area contributed by atoms with Crippen molar-refractivity contribution in [2.45, 2.75) is 63.7 Å². The molecule has 0 radical (unpaired) electrons. The van der Waals surface area contributed by atoms with Crippen molar-refractivity contribution in [3.63, 3.8) is 0 Å². The Morgan fingerprint density at radius 3 is 2.51 bits per heavy atom. The highest BCUT2D eigenvalue weighted by atomic mass is 32.2. The molecule has 1 saturated carbocycles. The molecule has 47 heavy (non-hydrogen) atoms. The van der Waals surface area contributed by atoms with Crippen LogP contribution in [0.1, 0.15) is 78.9 Å². The lowest BCUT2D eigenvalue weighted by atomic mass is 9.81. The van der Waals surface area contributed by atoms with Crippen LogP contribution in [0.3, 0.4) is 0 Å². The maximum Gasteiger partial charge on any atom is 0.264 e. The van der Waals surface area contributed by atoms with Crippen molar-refractivity contribution in [1.82, 2.24) is 14.2 Å². The number of hydrogen-bond acceptors (Lipinski definition) is 6. The molecule has 3 aromatic carbocycles. The summed E-state index contributed by atoms with van der Waals surface area (Å²) in [4.78, 5) is 15.4. The fraction of sp³-hybridized carbons (Fsp3) is 0.395. The van der Waals surface area contributed by atoms with E-state index in [1.165, 1.54) is 24.8 Å². The Bertz CT molecular complexity index is 1930. The normalized spacial score (nSPS) is 15.3. The number of ether oxygens (including phenoxy) is 2. The van der Waals surface area contributed by atoms with Crippen LogP contribution in [0.5, 0.6) is 11.5 Å². The Kier molecular flexibility index (Phi) is 9.48. The number of nitrogens with one attached hydrogen (secondary N) is 1. The summed E-state index contributed by atoms with van der Waals surface area (Å²) in [6.45, 7) is 5.09. The molecule has 0 unspecified atom stereocenters. The van der Waals surface area contributed by atoms with Crippen molar-refractivity contribution in [3.8, 4) is 22.8 Å². The van der Waals surface area contributed by atoms with Crippen LogP contribution in [0.4, 0.5) is 0 Å². The Balaban J connectivity index is 1.54. The number of fused-ring (bicyclic) bond motifs is 5. The van der Waals surface area contributed by atoms with Crippen molar-refractivity contribution in [1.29, 1.82) is 0 Å². The zero-order valence-electron chi connectivity index (χ0n) is 28.0. The van der Waals surface area contributed by atoms with E-state index in [9.17, 15) is 13.2 Å². The number of nitrogens with zero attached hydrogens (tertiary/aromatic N) is 2. The van der Waals surface area contributed by atoms with Crippen molar-refractivity contribution in [2.75, 3.05) is 34.4 Å². The number of benzene rings is 3. The summed E-state index contributed by atoms with van der Waals surface area (Å²) in [6.07, 6.45) is 8.07. The van der Waals surface area contributed by atoms with Gasteiger partial charge in [0.2, 0.25) is 10.0 Å². The van der Waals surface area contributed by atoms with Crippen molar-refractivity contribution in [3.05, 3.63) is 82.9 Å². The summed E-state index contributed by atoms with van der Waals surface area (Å²) in [7, 11) is 1.96. The van der Waals surface area contributed by atoms with Crippen LogP contribution >= 0.6 is 0 Å². The minimum absolute atomic E-state index is 0.318. The number of carbonyl (C=O) groups excluding carboxylic acids is 1. The number of methoxy groups -OCH3 is 1. The number of allylic oxidation sites excluding steroid dienone is 1. The molecule has 9 heteroatoms. The quantitative estimate of drug-likeness (QED) is 0.193. The van der Waals surface area contributed by atoms with Gasteiger partial charge in [-0.15, -0.1) is 0 Å². The third-order valence-corrected chi connectivity index (χ3v) is 11.1. The van der Waals surface area contributed by atoms with Crippen molar-refractivity contribution >= 4 is 38.5 Å². The second kappa shape index (κ2) is 13.6. The Morgan fingerprint density at radius 1 is 1.00 bits per heavy atom. The van der Waals surface area contributed by atoms with E-state index >= 15 is 0 Å². The number of hydrogen-bond donors (Lipinski definition) is 1. The Morgan fingerprint density at radius 2 is 1.79 bits per heavy atom. The smallest absolute Gasteiger partial charge is 0.264 e. The molecule has 4 aromatic rings. The molecule has 8 nitrogen and oxygen atoms in total. The first-order valence-electron chi connectivity index (χ1n) is 16.5. The van der Waals surface area contributed by atoms with Crippen LogP contribution in [0.25, 0.3) is 33.8 Å². The first-order chi connectivity index (χ1) is 22.6. The van der Waals surface area contributed by atoms with Gasteiger partial charge >= 0.3 is 0 Å². The van der Waals surface area contributed by atoms with Crippen LogP contribution in [0, 0.1) is 0 Å². The molecule has 0 bridgehead atoms. The Hall–Kier alpha value is -4.08. The third-order valence-electron chi connectivity index (χ3n) is 9.42. The number of rotatable bonds is 10. The van der Waals surface area contributed by atoms with Gasteiger partial charge in [0.1, 0.15) is 18.1 Å². The van der Waals surface area contributed by atoms with Crippen LogP contribution < -0.4 is 14.2 Å². The fourth-order valence-electron chi connectivity index (χ4n) is 6.80. The van der Waals surface area contributed by atoms with E-state index in [1.807, 2.05) is 44.4 Å². The van der Waals surface area contributed by atoms with Gasteiger partial charge in [-0.2, -0.15) is 0 Å². The minimum Gasteiger partial charge on any atom is -0.497 e. The van der Waals surface area contributed by atoms with Crippen molar-refractivity contribution in [2.24, 2.45) is 0 Å². The molecule has 1 aliphatic carbocycles. The number of carbonyl (C=O) groups is 1. The zero-order chi connectivity index (χ0) is 33.3. The van der Waals surface area contributed by atoms with E-state index in [-0.39, 0.29) is 0 Å². The maximum atomic E-state index is 13.3. The molecule has 1 N–H and O–H groups in total. The molecule has 1 amide bonds. The maximum absolute atomic E-state index is 13.3. The fourth-order valence-corrected chi connectivity index (χ4v) is 7.41. The summed E-state index contributed by atoms with van der Waals surface area (Å²) in [6, 6.07) is 20.1. The number of amides is 1. The predicted octanol–water partition coefficient (Wildman–Crippen LogP) is 7.33. The monoisotopic (exact) mass is 655 g/mol. The molecule has 1 aromatic heterocycles. The van der Waals surface area contributed by atoms with Gasteiger partial charge in [0, 0.05) is 35.1 Å². The standard InChI is InChI=1S/C38H45N3O5S/c1-25(2)47(43,44)39-38(42)28-14-16-34-35(23-28)41-24-30(27-12-9-13-32(21-27)46-19-18-40(3)4)20-29-22-31(45-5)15-17-33(29)37(41)36(34)26-10-7-6-8-11-26/h9,12-17,20-23,25-26H,6-8,10-11,18-19,24H2,1-5H3,(H,39,42). The lowest BCUT2D eigenvalue weighted by molar-refractivity contribution is 0.0981. The van der Waals surface area contributed by atoms with E-state index in [2.05, 4.69) is 44.5 Å². The van der Waals surface area contributed by atoms with Crippen molar-refractivity contribution < 1.29 is 22.7 Å². The molecule has 2 heterocycles. The first kappa shape index (κ1) is 32.8. The van der Waals surface area contributed by atoms with Gasteiger partial charge in [-0.1, -0.05) is 37.5 Å². The van der Waals surface area contributed by atoms with Gasteiger partial charge in [0.05, 0.1) is 18.1 Å². The van der Waals surface area contributed by atoms with E-state index in [0.29, 0.717) is 24.6 Å². The van der Waals surface area contributed by atoms with Crippen LogP contribution in [-0.2, 0) is 16.6 Å². The molecule has 0 saturated heterocycles. The van der Waals surface area contributed by atoms with E-state index in [1.54, 1.807) is 27.0 Å². The minimum atomic E-state index is -3.78. The molecule has 248 valence electrons. The van der Waals surface area contributed by atoms with Crippen LogP contribution in [0.15, 0.2) is 60.7 Å². The number of aromatic nitrogens is 1. The molecule has 1 aliphatic heterocycles. The highest BCUT2D eigenvalue weighted by Gasteiger charge is 2.30. The SMILES string of the molecule is COc1ccc2c(c1)C=C(c1cccc(OCCN(C)C)c1)Cn1c-2c(C2CCCCC2)c2ccc(C(=O)NS(=O)(=O)C(C)C)cc21. The van der Waals surface area contributed by atoms with Gasteiger partial charge in [-0.3, -0.25) is 4.79 Å². The molecular weight excluding hydrogens is 611 g/mol. The molecule has 0 spiro atoms. The average molecular weight is 656 g/mol. The van der Waals surface area contributed by atoms with E-state index in [0.717, 1.165) is 69.7 Å². The molecule has 2 aliphatic rings. The lowest BCUT2D eigenvalue weighted by Crippen LogP contribution is -2.35. The van der Waals surface area contributed by atoms with Gasteiger partial charge in [-0.05, 0) is 118 Å². The van der Waals surface area contributed by atoms with E-state index in [4.69, 9.17) is 9.47 Å². The van der Waals surface area contributed by atoms with E-state index < -0.39 is 21.2 Å². The van der Waals surface area contributed by atoms with Gasteiger partial charge in [0.25, 0.3) is 5.91 Å². The van der Waals surface area contributed by atoms with Gasteiger partial charge in [0.15, 0.2) is 0 Å². The second-order valence-corrected chi connectivity index (χ2v) is 15.5. The van der Waals surface area contributed by atoms with Crippen LogP contribution in [-0.4, -0.2) is 63.4 Å². The highest BCUT2D eigenvalue weighted by molar-refractivity contribution is 7.90. The molecular formula is C38H45N3O5S. The summed E-state index contributed by atoms with van der Waals surface area (Å²) >= 11 is 0. The molecule has 6 rings (SSSR count). The average Bonchev–Trinajstić information content (AvgIpc) is 3.27. The predicted molar refractivity (Wildman–Crippen MR) is 190 cm³/mol. The molecule has 1 fully saturated rings. The highest BCUT2D eigenvalue weighted by Crippen LogP contribution is 2.47. The second-order valence-electron chi connectivity index (χ2n) is 13.2. The largest absolute Gasteiger partial charge is 0.497 e. The number of sulfonamides is 1. The zero-order valence-corrected chi connectivity index (χ0v) is 28.8. The Labute approximate surface area is 278 Å². The summed E-state index contributed by atoms with van der Waals surface area (Å²) in [5.41, 5.74) is 8.03. The van der Waals surface area contributed by atoms with Crippen LogP contribution in [0.2, 0.25) is 0 Å². The first-order valence-corrected chi connectivity index (χ1v) is 18.1. The van der Waals surface area contributed by atoms with Gasteiger partial charge < -0.3 is 18.9 Å². The topological polar surface area (TPSA) is 89.9 Å².